The molecule has 2 aromatic rings. The molecule has 0 atom stereocenters. The lowest BCUT2D eigenvalue weighted by Gasteiger charge is -2.42. The molecule has 2 heterocycles. The number of rotatable bonds is 9. The summed E-state index contributed by atoms with van der Waals surface area (Å²) in [6.07, 6.45) is 5.75. The Morgan fingerprint density at radius 3 is 2.85 bits per heavy atom. The minimum absolute atomic E-state index is 0.0727. The molecule has 8 heteroatoms. The van der Waals surface area contributed by atoms with E-state index in [1.165, 1.54) is 19.1 Å². The molecule has 2 saturated carbocycles. The van der Waals surface area contributed by atoms with Gasteiger partial charge in [0.2, 0.25) is 11.8 Å². The summed E-state index contributed by atoms with van der Waals surface area (Å²) < 4.78 is 5.44. The lowest BCUT2D eigenvalue weighted by Crippen LogP contribution is -2.55. The van der Waals surface area contributed by atoms with Crippen LogP contribution < -0.4 is 5.32 Å². The van der Waals surface area contributed by atoms with Crippen LogP contribution in [0.3, 0.4) is 0 Å². The van der Waals surface area contributed by atoms with E-state index in [4.69, 9.17) is 9.52 Å². The standard InChI is InChI=1S/C19H23N3O4S/c23-17(8-14-11-26-19(21-14)16-2-1-5-27-16)20-13-6-15(7-13)22(10-18(24)25)9-12-3-4-12/h1-2,5,11-13,15H,3-4,6-10H2,(H,20,23)(H,24,25). The molecule has 2 fully saturated rings. The second-order valence-electron chi connectivity index (χ2n) is 7.45. The minimum atomic E-state index is -0.782. The van der Waals surface area contributed by atoms with E-state index < -0.39 is 5.97 Å². The highest BCUT2D eigenvalue weighted by atomic mass is 32.1. The van der Waals surface area contributed by atoms with Crippen molar-refractivity contribution >= 4 is 23.2 Å². The highest BCUT2D eigenvalue weighted by molar-refractivity contribution is 7.13. The molecule has 144 valence electrons. The zero-order chi connectivity index (χ0) is 18.8. The number of thiophene rings is 1. The third kappa shape index (κ3) is 4.75. The predicted molar refractivity (Wildman–Crippen MR) is 100 cm³/mol. The maximum atomic E-state index is 12.3. The van der Waals surface area contributed by atoms with Crippen molar-refractivity contribution in [3.05, 3.63) is 29.5 Å². The van der Waals surface area contributed by atoms with Gasteiger partial charge in [-0.2, -0.15) is 0 Å². The summed E-state index contributed by atoms with van der Waals surface area (Å²) >= 11 is 1.54. The Hall–Kier alpha value is -2.19. The SMILES string of the molecule is O=C(O)CN(CC1CC1)C1CC(NC(=O)Cc2coc(-c3cccs3)n2)C1. The van der Waals surface area contributed by atoms with Crippen LogP contribution in [-0.4, -0.2) is 52.0 Å². The number of aliphatic carboxylic acids is 1. The first-order valence-corrected chi connectivity index (χ1v) is 10.2. The largest absolute Gasteiger partial charge is 0.480 e. The van der Waals surface area contributed by atoms with Gasteiger partial charge in [0.25, 0.3) is 0 Å². The number of amides is 1. The van der Waals surface area contributed by atoms with Gasteiger partial charge in [0, 0.05) is 18.6 Å². The van der Waals surface area contributed by atoms with Crippen molar-refractivity contribution in [1.82, 2.24) is 15.2 Å². The van der Waals surface area contributed by atoms with Crippen LogP contribution in [0.15, 0.2) is 28.2 Å². The van der Waals surface area contributed by atoms with Crippen molar-refractivity contribution in [1.29, 1.82) is 0 Å². The van der Waals surface area contributed by atoms with Gasteiger partial charge in [0.15, 0.2) is 0 Å². The Kier molecular flexibility index (Phi) is 5.27. The van der Waals surface area contributed by atoms with Gasteiger partial charge in [0.05, 0.1) is 23.5 Å². The minimum Gasteiger partial charge on any atom is -0.480 e. The molecule has 1 amide bonds. The van der Waals surface area contributed by atoms with Crippen LogP contribution in [0, 0.1) is 5.92 Å². The van der Waals surface area contributed by atoms with E-state index in [1.807, 2.05) is 17.5 Å². The smallest absolute Gasteiger partial charge is 0.317 e. The quantitative estimate of drug-likeness (QED) is 0.684. The highest BCUT2D eigenvalue weighted by Crippen LogP contribution is 2.33. The fourth-order valence-corrected chi connectivity index (χ4v) is 4.15. The number of aromatic nitrogens is 1. The number of oxazole rings is 1. The number of carbonyl (C=O) groups is 2. The summed E-state index contributed by atoms with van der Waals surface area (Å²) in [5.41, 5.74) is 0.619. The first-order valence-electron chi connectivity index (χ1n) is 9.30. The molecule has 27 heavy (non-hydrogen) atoms. The molecule has 0 aromatic carbocycles. The van der Waals surface area contributed by atoms with Gasteiger partial charge >= 0.3 is 5.97 Å². The number of nitrogens with zero attached hydrogens (tertiary/aromatic N) is 2. The summed E-state index contributed by atoms with van der Waals surface area (Å²) in [6.45, 7) is 0.953. The molecule has 2 N–H and O–H groups in total. The maximum absolute atomic E-state index is 12.3. The third-order valence-corrected chi connectivity index (χ3v) is 6.01. The average molecular weight is 389 g/mol. The Labute approximate surface area is 161 Å². The van der Waals surface area contributed by atoms with E-state index in [2.05, 4.69) is 15.2 Å². The molecule has 4 rings (SSSR count). The first kappa shape index (κ1) is 18.2. The zero-order valence-electron chi connectivity index (χ0n) is 15.0. The molecule has 2 aliphatic rings. The van der Waals surface area contributed by atoms with Crippen molar-refractivity contribution in [2.75, 3.05) is 13.1 Å². The van der Waals surface area contributed by atoms with E-state index in [9.17, 15) is 9.59 Å². The number of carboxylic acid groups (broad SMARTS) is 1. The summed E-state index contributed by atoms with van der Waals surface area (Å²) in [4.78, 5) is 30.7. The van der Waals surface area contributed by atoms with Crippen molar-refractivity contribution in [2.24, 2.45) is 5.92 Å². The molecular formula is C19H23N3O4S. The number of hydrogen-bond donors (Lipinski definition) is 2. The van der Waals surface area contributed by atoms with Gasteiger partial charge in [-0.15, -0.1) is 11.3 Å². The Bertz CT molecular complexity index is 794. The Balaban J connectivity index is 1.23. The van der Waals surface area contributed by atoms with E-state index in [-0.39, 0.29) is 31.0 Å². The average Bonchev–Trinajstić information content (AvgIpc) is 3.06. The summed E-state index contributed by atoms with van der Waals surface area (Å²) in [5, 5.41) is 14.1. The molecule has 0 radical (unpaired) electrons. The first-order chi connectivity index (χ1) is 13.1. The lowest BCUT2D eigenvalue weighted by atomic mass is 9.85. The molecule has 2 aromatic heterocycles. The van der Waals surface area contributed by atoms with Gasteiger partial charge in [-0.3, -0.25) is 14.5 Å². The molecular weight excluding hydrogens is 366 g/mol. The molecule has 0 spiro atoms. The van der Waals surface area contributed by atoms with Gasteiger partial charge in [-0.25, -0.2) is 4.98 Å². The summed E-state index contributed by atoms with van der Waals surface area (Å²) in [7, 11) is 0. The molecule has 0 bridgehead atoms. The number of carbonyl (C=O) groups excluding carboxylic acids is 1. The van der Waals surface area contributed by atoms with Crippen LogP contribution in [0.2, 0.25) is 0 Å². The van der Waals surface area contributed by atoms with Gasteiger partial charge in [-0.05, 0) is 43.0 Å². The van der Waals surface area contributed by atoms with Crippen LogP contribution in [-0.2, 0) is 16.0 Å². The topological polar surface area (TPSA) is 95.7 Å². The molecule has 0 saturated heterocycles. The second-order valence-corrected chi connectivity index (χ2v) is 8.40. The summed E-state index contributed by atoms with van der Waals surface area (Å²) in [6, 6.07) is 4.23. The third-order valence-electron chi connectivity index (χ3n) is 5.15. The van der Waals surface area contributed by atoms with E-state index >= 15 is 0 Å². The molecule has 0 unspecified atom stereocenters. The van der Waals surface area contributed by atoms with Crippen LogP contribution in [0.5, 0.6) is 0 Å². The Morgan fingerprint density at radius 2 is 2.19 bits per heavy atom. The zero-order valence-corrected chi connectivity index (χ0v) is 15.8. The highest BCUT2D eigenvalue weighted by Gasteiger charge is 2.37. The van der Waals surface area contributed by atoms with Crippen molar-refractivity contribution in [3.63, 3.8) is 0 Å². The number of hydrogen-bond acceptors (Lipinski definition) is 6. The van der Waals surface area contributed by atoms with E-state index in [0.717, 1.165) is 24.3 Å². The van der Waals surface area contributed by atoms with Gasteiger partial charge in [0.1, 0.15) is 6.26 Å². The van der Waals surface area contributed by atoms with Crippen LogP contribution >= 0.6 is 11.3 Å². The van der Waals surface area contributed by atoms with E-state index in [1.54, 1.807) is 11.3 Å². The van der Waals surface area contributed by atoms with Crippen molar-refractivity contribution in [2.45, 2.75) is 44.2 Å². The van der Waals surface area contributed by atoms with Gasteiger partial charge < -0.3 is 14.8 Å². The van der Waals surface area contributed by atoms with Gasteiger partial charge in [-0.1, -0.05) is 6.07 Å². The maximum Gasteiger partial charge on any atom is 0.317 e. The molecule has 2 aliphatic carbocycles. The van der Waals surface area contributed by atoms with E-state index in [0.29, 0.717) is 17.5 Å². The summed E-state index contributed by atoms with van der Waals surface area (Å²) in [5.74, 6) is 0.343. The van der Waals surface area contributed by atoms with Crippen molar-refractivity contribution in [3.8, 4) is 10.8 Å². The molecule has 0 aliphatic heterocycles. The monoisotopic (exact) mass is 389 g/mol. The Morgan fingerprint density at radius 1 is 1.37 bits per heavy atom. The fourth-order valence-electron chi connectivity index (χ4n) is 3.50. The van der Waals surface area contributed by atoms with Crippen molar-refractivity contribution < 1.29 is 19.1 Å². The van der Waals surface area contributed by atoms with Crippen LogP contribution in [0.25, 0.3) is 10.8 Å². The normalized spacial score (nSPS) is 21.8. The number of carboxylic acids is 1. The predicted octanol–water partition coefficient (Wildman–Crippen LogP) is 2.39. The number of nitrogens with one attached hydrogen (secondary N) is 1. The van der Waals surface area contributed by atoms with Crippen LogP contribution in [0.4, 0.5) is 0 Å². The lowest BCUT2D eigenvalue weighted by molar-refractivity contribution is -0.140. The fraction of sp³-hybridized carbons (Fsp3) is 0.526. The van der Waals surface area contributed by atoms with Crippen LogP contribution in [0.1, 0.15) is 31.4 Å². The molecule has 7 nitrogen and oxygen atoms in total. The second kappa shape index (κ2) is 7.82.